The van der Waals surface area contributed by atoms with Crippen molar-refractivity contribution in [1.82, 2.24) is 68.4 Å². The number of halogens is 1. The van der Waals surface area contributed by atoms with Gasteiger partial charge in [0.15, 0.2) is 6.17 Å². The Morgan fingerprint density at radius 2 is 0.973 bits per heavy atom. The summed E-state index contributed by atoms with van der Waals surface area (Å²) < 4.78 is 0. The predicted molar refractivity (Wildman–Crippen MR) is 416 cm³/mol. The topological polar surface area (TPSA) is 432 Å². The number of pyridine rings is 1. The molecule has 1 saturated heterocycles. The summed E-state index contributed by atoms with van der Waals surface area (Å²) >= 11 is 6.26. The van der Waals surface area contributed by atoms with Crippen molar-refractivity contribution in [3.8, 4) is 0 Å². The number of benzene rings is 5. The summed E-state index contributed by atoms with van der Waals surface area (Å²) in [7, 11) is 0. The van der Waals surface area contributed by atoms with Gasteiger partial charge in [0.1, 0.15) is 54.4 Å². The van der Waals surface area contributed by atoms with Gasteiger partial charge in [0.05, 0.1) is 0 Å². The van der Waals surface area contributed by atoms with Gasteiger partial charge in [0.25, 0.3) is 5.91 Å². The van der Waals surface area contributed by atoms with Crippen LogP contribution in [0.3, 0.4) is 0 Å². The van der Waals surface area contributed by atoms with Gasteiger partial charge in [-0.15, -0.1) is 0 Å². The molecule has 5 aromatic carbocycles. The molecule has 31 heteroatoms. The van der Waals surface area contributed by atoms with Crippen LogP contribution in [-0.4, -0.2) is 178 Å². The van der Waals surface area contributed by atoms with Crippen molar-refractivity contribution in [1.29, 1.82) is 0 Å². The van der Waals surface area contributed by atoms with Gasteiger partial charge in [-0.3, -0.25) is 72.1 Å². The molecule has 0 radical (unpaired) electrons. The largest absolute Gasteiger partial charge is 0.480 e. The van der Waals surface area contributed by atoms with Crippen LogP contribution in [0.2, 0.25) is 5.02 Å². The van der Waals surface area contributed by atoms with Crippen LogP contribution in [0.25, 0.3) is 10.8 Å². The van der Waals surface area contributed by atoms with E-state index in [0.717, 1.165) is 10.8 Å². The summed E-state index contributed by atoms with van der Waals surface area (Å²) in [6, 6.07) is 23.0. The van der Waals surface area contributed by atoms with Crippen LogP contribution >= 0.6 is 11.6 Å². The summed E-state index contributed by atoms with van der Waals surface area (Å²) in [6.45, 7) is 13.4. The van der Waals surface area contributed by atoms with Crippen LogP contribution in [-0.2, 0) is 99.2 Å². The number of unbranched alkanes of at least 4 members (excludes halogenated alkanes) is 1. The number of likely N-dealkylation sites (tertiary alicyclic amines) is 1. The molecule has 0 unspecified atom stereocenters. The number of aromatic nitrogens is 1. The number of carbonyl (C=O) groups excluding carboxylic acids is 13. The Bertz CT molecular complexity index is 4250. The fourth-order valence-corrected chi connectivity index (χ4v) is 12.8. The van der Waals surface area contributed by atoms with E-state index in [2.05, 4.69) is 74.1 Å². The van der Waals surface area contributed by atoms with Crippen LogP contribution in [0.5, 0.6) is 0 Å². The first-order valence-electron chi connectivity index (χ1n) is 36.9. The van der Waals surface area contributed by atoms with E-state index in [1.165, 1.54) is 57.1 Å². The molecule has 14 N–H and O–H groups in total. The number of hydrogen-bond donors (Lipinski definition) is 14. The fraction of sp³-hybridized carbons (Fsp3) is 0.412. The Kier molecular flexibility index (Phi) is 33.5. The van der Waals surface area contributed by atoms with E-state index in [4.69, 9.17) is 11.6 Å². The highest BCUT2D eigenvalue weighted by atomic mass is 35.5. The zero-order chi connectivity index (χ0) is 80.8. The summed E-state index contributed by atoms with van der Waals surface area (Å²) in [5, 5.41) is 46.9. The van der Waals surface area contributed by atoms with Crippen LogP contribution in [0.1, 0.15) is 122 Å². The molecule has 2 heterocycles. The average molecular weight is 1550 g/mol. The second kappa shape index (κ2) is 42.9. The van der Waals surface area contributed by atoms with E-state index in [0.29, 0.717) is 70.0 Å². The maximum absolute atomic E-state index is 15.3. The van der Waals surface area contributed by atoms with Gasteiger partial charge in [-0.2, -0.15) is 0 Å². The molecule has 1 aromatic heterocycles. The molecule has 10 atom stereocenters. The van der Waals surface area contributed by atoms with Gasteiger partial charge in [-0.05, 0) is 139 Å². The zero-order valence-electron chi connectivity index (χ0n) is 63.4. The first-order chi connectivity index (χ1) is 52.9. The number of fused-ring (bicyclic) bond motifs is 1. The Morgan fingerprint density at radius 1 is 0.505 bits per heavy atom. The van der Waals surface area contributed by atoms with Crippen LogP contribution in [0, 0.1) is 5.92 Å². The van der Waals surface area contributed by atoms with E-state index >= 15 is 9.59 Å². The molecule has 30 nitrogen and oxygen atoms in total. The Hall–Kier alpha value is -11.7. The lowest BCUT2D eigenvalue weighted by Crippen LogP contribution is -2.63. The molecule has 1 fully saturated rings. The van der Waals surface area contributed by atoms with Gasteiger partial charge in [-0.25, -0.2) is 0 Å². The van der Waals surface area contributed by atoms with Crippen molar-refractivity contribution < 1.29 is 72.2 Å². The molecule has 6 aromatic rings. The lowest BCUT2D eigenvalue weighted by molar-refractivity contribution is -0.144. The number of carboxylic acids is 1. The molecule has 13 amide bonds. The molecular weight excluding hydrogens is 1450 g/mol. The quantitative estimate of drug-likeness (QED) is 0.0148. The molecule has 7 rings (SSSR count). The molecule has 1 aliphatic rings. The van der Waals surface area contributed by atoms with Gasteiger partial charge in [0.2, 0.25) is 71.4 Å². The third kappa shape index (κ3) is 28.4. The molecule has 1 aliphatic heterocycles. The van der Waals surface area contributed by atoms with Crippen molar-refractivity contribution in [3.63, 3.8) is 0 Å². The Labute approximate surface area is 649 Å². The average Bonchev–Trinajstić information content (AvgIpc) is 1.79. The van der Waals surface area contributed by atoms with Crippen LogP contribution in [0.15, 0.2) is 140 Å². The molecule has 0 bridgehead atoms. The molecule has 111 heavy (non-hydrogen) atoms. The van der Waals surface area contributed by atoms with E-state index in [9.17, 15) is 62.6 Å². The third-order valence-corrected chi connectivity index (χ3v) is 18.5. The second-order valence-corrected chi connectivity index (χ2v) is 28.7. The van der Waals surface area contributed by atoms with Gasteiger partial charge >= 0.3 is 5.97 Å². The van der Waals surface area contributed by atoms with Crippen molar-refractivity contribution in [2.45, 2.75) is 193 Å². The van der Waals surface area contributed by atoms with Crippen molar-refractivity contribution in [3.05, 3.63) is 173 Å². The number of nitrogens with one attached hydrogen (secondary N) is 13. The Balaban J connectivity index is 1.19. The van der Waals surface area contributed by atoms with Crippen LogP contribution < -0.4 is 69.1 Å². The number of aliphatic carboxylic acids is 1. The number of anilines is 2. The first-order valence-corrected chi connectivity index (χ1v) is 37.3. The molecular formula is C80H100ClN15O15. The highest BCUT2D eigenvalue weighted by molar-refractivity contribution is 6.30. The van der Waals surface area contributed by atoms with E-state index < -0.39 is 126 Å². The molecule has 0 saturated carbocycles. The minimum atomic E-state index is -2.02. The molecule has 0 aliphatic carbocycles. The fourth-order valence-electron chi connectivity index (χ4n) is 12.6. The predicted octanol–water partition coefficient (Wildman–Crippen LogP) is 3.71. The van der Waals surface area contributed by atoms with E-state index in [1.54, 1.807) is 86.6 Å². The normalized spacial score (nSPS) is 14.9. The number of hydrogen-bond acceptors (Lipinski definition) is 16. The lowest BCUT2D eigenvalue weighted by atomic mass is 9.99. The number of nitrogens with zero attached hydrogens (tertiary/aromatic N) is 2. The van der Waals surface area contributed by atoms with E-state index in [1.807, 2.05) is 56.3 Å². The summed E-state index contributed by atoms with van der Waals surface area (Å²) in [5.41, 5.74) is 3.21. The van der Waals surface area contributed by atoms with E-state index in [-0.39, 0.29) is 88.1 Å². The minimum Gasteiger partial charge on any atom is -0.480 e. The highest BCUT2D eigenvalue weighted by Crippen LogP contribution is 2.23. The number of carbonyl (C=O) groups is 14. The third-order valence-electron chi connectivity index (χ3n) is 18.2. The summed E-state index contributed by atoms with van der Waals surface area (Å²) in [5.74, 6) is -10.7. The Morgan fingerprint density at radius 3 is 1.47 bits per heavy atom. The maximum Gasteiger partial charge on any atom is 0.325 e. The number of rotatable bonds is 41. The maximum atomic E-state index is 15.3. The standard InChI is InChI=1S/C80H100ClN15O15/c1-46(2)37-63(71(101)89-62(18-11-12-35-83-47(3)4)79(109)96-36-14-19-69(96)77(107)85-48(5)80(110)111)90-73(103)66(40-53-23-30-60(31-24-53)86-49(6)98)92-75(105)67(41-54-25-32-61(33-26-54)87-50(7)99)94-78(108)70(84-45-97)95-76(106)68(43-56-15-13-34-82-44-56)93-74(104)65(39-52-21-28-59(81)29-22-52)91-72(102)64(88-51(8)100)42-55-20-27-57-16-9-10-17-58(57)38-55/h9-10,13,15-17,20-34,38,44-48,62-70,83H,11-12,14,18-19,35-37,39-43H2,1-8H3,(H,84,97)(H,85,107)(H,86,98)(H,87,99)(H,88,100)(H,89,101)(H,90,103)(H,91,102)(H,92,105)(H,93,104)(H,94,108)(H,95,106)(H,110,111)/t48-,62+,63+,64-,65-,66-,67+,68-,69+,70+/m1/s1. The van der Waals surface area contributed by atoms with Crippen molar-refractivity contribution in [2.24, 2.45) is 5.92 Å². The smallest absolute Gasteiger partial charge is 0.325 e. The summed E-state index contributed by atoms with van der Waals surface area (Å²) in [4.78, 5) is 200. The zero-order valence-corrected chi connectivity index (χ0v) is 64.2. The second-order valence-electron chi connectivity index (χ2n) is 28.3. The number of amides is 13. The highest BCUT2D eigenvalue weighted by Gasteiger charge is 2.41. The number of carboxylic acid groups (broad SMARTS) is 1. The molecule has 0 spiro atoms. The molecule has 592 valence electrons. The van der Waals surface area contributed by atoms with Gasteiger partial charge < -0.3 is 79.1 Å². The SMILES string of the molecule is CC(=O)Nc1ccc(C[C@H](NC(=O)[C@@H](NC=O)NC(=O)[C@@H](Cc2cccnc2)NC(=O)[C@@H](Cc2ccc(Cl)cc2)NC(=O)[C@@H](Cc2ccc3ccccc3c2)NC(C)=O)C(=O)N[C@H](Cc2ccc(NC(C)=O)cc2)C(=O)N[C@@H](CC(C)C)C(=O)N[C@@H](CCCCNC(C)C)C(=O)N2CCC[C@H]2C(=O)N[C@H](C)C(=O)O)cc1. The van der Waals surface area contributed by atoms with Gasteiger partial charge in [0, 0.05) is 94.3 Å². The summed E-state index contributed by atoms with van der Waals surface area (Å²) in [6.07, 6.45) is 1.68. The monoisotopic (exact) mass is 1550 g/mol. The van der Waals surface area contributed by atoms with Crippen LogP contribution in [0.4, 0.5) is 11.4 Å². The lowest BCUT2D eigenvalue weighted by Gasteiger charge is -2.31. The van der Waals surface area contributed by atoms with Crippen molar-refractivity contribution >= 4 is 117 Å². The minimum absolute atomic E-state index is 0.00427. The first kappa shape index (κ1) is 86.6. The van der Waals surface area contributed by atoms with Crippen molar-refractivity contribution in [2.75, 3.05) is 23.7 Å². The van der Waals surface area contributed by atoms with Gasteiger partial charge in [-0.1, -0.05) is 124 Å².